The number of aryl methyl sites for hydroxylation is 1. The molecule has 6 heteroatoms. The van der Waals surface area contributed by atoms with E-state index < -0.39 is 0 Å². The van der Waals surface area contributed by atoms with Crippen LogP contribution in [0, 0.1) is 0 Å². The number of aromatic nitrogens is 3. The summed E-state index contributed by atoms with van der Waals surface area (Å²) in [6.45, 7) is 1.52. The summed E-state index contributed by atoms with van der Waals surface area (Å²) in [6.07, 6.45) is 6.33. The first-order valence-electron chi connectivity index (χ1n) is 6.40. The van der Waals surface area contributed by atoms with Crippen molar-refractivity contribution in [3.8, 4) is 0 Å². The fourth-order valence-corrected chi connectivity index (χ4v) is 1.82. The zero-order chi connectivity index (χ0) is 14.4. The second kappa shape index (κ2) is 6.81. The number of carbonyl (C=O) groups is 1. The van der Waals surface area contributed by atoms with Gasteiger partial charge in [0.15, 0.2) is 0 Å². The molecule has 0 atom stereocenters. The highest BCUT2D eigenvalue weighted by atomic mass is 16.5. The number of nitrogens with zero attached hydrogens (tertiary/aromatic N) is 3. The van der Waals surface area contributed by atoms with Crippen molar-refractivity contribution in [2.45, 2.75) is 13.0 Å². The van der Waals surface area contributed by atoms with E-state index in [0.717, 1.165) is 18.7 Å². The molecule has 0 amide bonds. The molecule has 0 fully saturated rings. The number of pyridine rings is 1. The highest BCUT2D eigenvalue weighted by Crippen LogP contribution is 2.02. The molecule has 0 bridgehead atoms. The van der Waals surface area contributed by atoms with Crippen LogP contribution in [0.2, 0.25) is 0 Å². The van der Waals surface area contributed by atoms with E-state index >= 15 is 0 Å². The van der Waals surface area contributed by atoms with Crippen molar-refractivity contribution in [1.29, 1.82) is 0 Å². The number of rotatable bonds is 6. The molecule has 2 aromatic rings. The lowest BCUT2D eigenvalue weighted by atomic mass is 10.2. The van der Waals surface area contributed by atoms with E-state index in [0.29, 0.717) is 12.1 Å². The molecule has 6 nitrogen and oxygen atoms in total. The van der Waals surface area contributed by atoms with E-state index in [1.807, 2.05) is 25.5 Å². The predicted molar refractivity (Wildman–Crippen MR) is 74.2 cm³/mol. The summed E-state index contributed by atoms with van der Waals surface area (Å²) in [4.78, 5) is 15.5. The first kappa shape index (κ1) is 14.2. The Hall–Kier alpha value is -2.21. The number of esters is 1. The first-order valence-corrected chi connectivity index (χ1v) is 6.40. The van der Waals surface area contributed by atoms with Crippen LogP contribution in [-0.2, 0) is 24.8 Å². The second-order valence-corrected chi connectivity index (χ2v) is 4.48. The molecule has 2 heterocycles. The third-order valence-electron chi connectivity index (χ3n) is 2.90. The van der Waals surface area contributed by atoms with Crippen molar-refractivity contribution in [2.24, 2.45) is 7.05 Å². The van der Waals surface area contributed by atoms with E-state index in [9.17, 15) is 4.79 Å². The second-order valence-electron chi connectivity index (χ2n) is 4.48. The molecule has 0 saturated heterocycles. The van der Waals surface area contributed by atoms with Gasteiger partial charge >= 0.3 is 5.97 Å². The molecule has 0 saturated carbocycles. The molecule has 20 heavy (non-hydrogen) atoms. The van der Waals surface area contributed by atoms with Gasteiger partial charge in [-0.15, -0.1) is 0 Å². The van der Waals surface area contributed by atoms with Gasteiger partial charge in [0.1, 0.15) is 0 Å². The fraction of sp³-hybridized carbons (Fsp3) is 0.357. The van der Waals surface area contributed by atoms with Crippen LogP contribution in [0.4, 0.5) is 0 Å². The van der Waals surface area contributed by atoms with Crippen LogP contribution < -0.4 is 5.32 Å². The zero-order valence-electron chi connectivity index (χ0n) is 11.7. The molecule has 0 aliphatic rings. The van der Waals surface area contributed by atoms with Gasteiger partial charge in [-0.25, -0.2) is 4.79 Å². The van der Waals surface area contributed by atoms with Gasteiger partial charge in [0, 0.05) is 26.0 Å². The Kier molecular flexibility index (Phi) is 4.84. The maximum Gasteiger partial charge on any atom is 0.339 e. The minimum Gasteiger partial charge on any atom is -0.465 e. The van der Waals surface area contributed by atoms with E-state index in [1.165, 1.54) is 18.9 Å². The number of hydrogen-bond donors (Lipinski definition) is 1. The summed E-state index contributed by atoms with van der Waals surface area (Å²) < 4.78 is 6.42. The minimum atomic E-state index is -0.367. The molecule has 0 aromatic carbocycles. The third kappa shape index (κ3) is 3.89. The Morgan fingerprint density at radius 3 is 2.85 bits per heavy atom. The molecule has 0 radical (unpaired) electrons. The van der Waals surface area contributed by atoms with Gasteiger partial charge in [-0.1, -0.05) is 0 Å². The molecule has 0 unspecified atom stereocenters. The largest absolute Gasteiger partial charge is 0.465 e. The number of hydrogen-bond acceptors (Lipinski definition) is 5. The van der Waals surface area contributed by atoms with Gasteiger partial charge in [0.05, 0.1) is 24.6 Å². The molecule has 2 aromatic heterocycles. The van der Waals surface area contributed by atoms with Crippen LogP contribution in [-0.4, -0.2) is 34.4 Å². The topological polar surface area (TPSA) is 69.0 Å². The predicted octanol–water partition coefficient (Wildman–Crippen LogP) is 0.934. The average molecular weight is 274 g/mol. The van der Waals surface area contributed by atoms with Crippen LogP contribution in [0.1, 0.15) is 21.6 Å². The van der Waals surface area contributed by atoms with Gasteiger partial charge in [-0.3, -0.25) is 9.67 Å². The third-order valence-corrected chi connectivity index (χ3v) is 2.90. The van der Waals surface area contributed by atoms with Crippen LogP contribution in [0.5, 0.6) is 0 Å². The Bertz CT molecular complexity index is 563. The van der Waals surface area contributed by atoms with Crippen LogP contribution in [0.15, 0.2) is 30.7 Å². The van der Waals surface area contributed by atoms with Crippen LogP contribution in [0.25, 0.3) is 0 Å². The van der Waals surface area contributed by atoms with Gasteiger partial charge in [-0.2, -0.15) is 5.10 Å². The summed E-state index contributed by atoms with van der Waals surface area (Å²) in [5, 5.41) is 7.43. The van der Waals surface area contributed by atoms with Gasteiger partial charge in [-0.05, 0) is 30.7 Å². The average Bonchev–Trinajstić information content (AvgIpc) is 2.89. The lowest BCUT2D eigenvalue weighted by Crippen LogP contribution is -2.17. The van der Waals surface area contributed by atoms with Crippen LogP contribution >= 0.6 is 0 Å². The Balaban J connectivity index is 1.75. The Morgan fingerprint density at radius 2 is 2.25 bits per heavy atom. The molecular weight excluding hydrogens is 256 g/mol. The summed E-state index contributed by atoms with van der Waals surface area (Å²) in [7, 11) is 3.26. The maximum atomic E-state index is 11.3. The van der Waals surface area contributed by atoms with Crippen molar-refractivity contribution in [3.63, 3.8) is 0 Å². The van der Waals surface area contributed by atoms with Gasteiger partial charge in [0.25, 0.3) is 0 Å². The molecule has 1 N–H and O–H groups in total. The normalized spacial score (nSPS) is 10.5. The number of methoxy groups -OCH3 is 1. The molecule has 106 valence electrons. The van der Waals surface area contributed by atoms with Crippen molar-refractivity contribution in [2.75, 3.05) is 13.7 Å². The van der Waals surface area contributed by atoms with E-state index in [4.69, 9.17) is 0 Å². The monoisotopic (exact) mass is 274 g/mol. The summed E-state index contributed by atoms with van der Waals surface area (Å²) in [5.74, 6) is -0.367. The van der Waals surface area contributed by atoms with E-state index in [1.54, 1.807) is 10.7 Å². The minimum absolute atomic E-state index is 0.367. The van der Waals surface area contributed by atoms with Gasteiger partial charge < -0.3 is 10.1 Å². The highest BCUT2D eigenvalue weighted by Gasteiger charge is 2.05. The number of ether oxygens (including phenoxy) is 1. The van der Waals surface area contributed by atoms with Crippen molar-refractivity contribution in [3.05, 3.63) is 47.5 Å². The first-order chi connectivity index (χ1) is 9.69. The standard InChI is InChI=1S/C14H18N4O2/c1-18-10-11(7-17-18)5-6-15-9-13-4-3-12(8-16-13)14(19)20-2/h3-4,7-8,10,15H,5-6,9H2,1-2H3. The van der Waals surface area contributed by atoms with E-state index in [-0.39, 0.29) is 5.97 Å². The van der Waals surface area contributed by atoms with Crippen molar-refractivity contribution >= 4 is 5.97 Å². The van der Waals surface area contributed by atoms with Gasteiger partial charge in [0.2, 0.25) is 0 Å². The fourth-order valence-electron chi connectivity index (χ4n) is 1.82. The lowest BCUT2D eigenvalue weighted by molar-refractivity contribution is 0.0600. The van der Waals surface area contributed by atoms with Crippen LogP contribution in [0.3, 0.4) is 0 Å². The summed E-state index contributed by atoms with van der Waals surface area (Å²) in [5.41, 5.74) is 2.56. The molecular formula is C14H18N4O2. The Morgan fingerprint density at radius 1 is 1.40 bits per heavy atom. The molecule has 2 rings (SSSR count). The summed E-state index contributed by atoms with van der Waals surface area (Å²) in [6, 6.07) is 3.54. The van der Waals surface area contributed by atoms with E-state index in [2.05, 4.69) is 20.1 Å². The molecule has 0 aliphatic heterocycles. The zero-order valence-corrected chi connectivity index (χ0v) is 11.7. The quantitative estimate of drug-likeness (QED) is 0.627. The molecule has 0 aliphatic carbocycles. The van der Waals surface area contributed by atoms with Crippen molar-refractivity contribution < 1.29 is 9.53 Å². The number of nitrogens with one attached hydrogen (secondary N) is 1. The Labute approximate surface area is 117 Å². The van der Waals surface area contributed by atoms with Crippen molar-refractivity contribution in [1.82, 2.24) is 20.1 Å². The SMILES string of the molecule is COC(=O)c1ccc(CNCCc2cnn(C)c2)nc1. The molecule has 0 spiro atoms. The number of carbonyl (C=O) groups excluding carboxylic acids is 1. The maximum absolute atomic E-state index is 11.3. The highest BCUT2D eigenvalue weighted by molar-refractivity contribution is 5.88. The summed E-state index contributed by atoms with van der Waals surface area (Å²) >= 11 is 0. The smallest absolute Gasteiger partial charge is 0.339 e. The lowest BCUT2D eigenvalue weighted by Gasteiger charge is -2.04.